The number of anilines is 1. The van der Waals surface area contributed by atoms with E-state index in [0.717, 1.165) is 0 Å². The number of carbonyl (C=O) groups is 1. The number of carbonyl (C=O) groups excluding carboxylic acids is 1. The van der Waals surface area contributed by atoms with Gasteiger partial charge in [-0.1, -0.05) is 0 Å². The Morgan fingerprint density at radius 1 is 1.62 bits per heavy atom. The highest BCUT2D eigenvalue weighted by atomic mass is 16.6. The summed E-state index contributed by atoms with van der Waals surface area (Å²) in [6.45, 7) is 5.22. The first kappa shape index (κ1) is 12.5. The van der Waals surface area contributed by atoms with E-state index in [1.807, 2.05) is 0 Å². The van der Waals surface area contributed by atoms with E-state index in [0.29, 0.717) is 11.6 Å². The molecule has 0 fully saturated rings. The summed E-state index contributed by atoms with van der Waals surface area (Å²) in [6, 6.07) is 0. The second-order valence-electron chi connectivity index (χ2n) is 4.42. The Hall–Kier alpha value is -1.56. The van der Waals surface area contributed by atoms with Crippen molar-refractivity contribution in [1.29, 1.82) is 0 Å². The van der Waals surface area contributed by atoms with Gasteiger partial charge in [-0.15, -0.1) is 0 Å². The maximum absolute atomic E-state index is 11.4. The van der Waals surface area contributed by atoms with Crippen molar-refractivity contribution in [3.63, 3.8) is 0 Å². The lowest BCUT2D eigenvalue weighted by Gasteiger charge is -2.19. The largest absolute Gasteiger partial charge is 0.444 e. The van der Waals surface area contributed by atoms with E-state index in [4.69, 9.17) is 9.84 Å². The first-order chi connectivity index (χ1) is 7.33. The van der Waals surface area contributed by atoms with Crippen LogP contribution in [0.1, 0.15) is 26.5 Å². The van der Waals surface area contributed by atoms with Crippen LogP contribution < -0.4 is 5.32 Å². The van der Waals surface area contributed by atoms with Crippen LogP contribution in [0.3, 0.4) is 0 Å². The molecule has 0 saturated carbocycles. The number of aromatic nitrogens is 2. The van der Waals surface area contributed by atoms with Gasteiger partial charge in [-0.05, 0) is 20.8 Å². The van der Waals surface area contributed by atoms with E-state index in [1.165, 1.54) is 6.20 Å². The van der Waals surface area contributed by atoms with Gasteiger partial charge in [0.15, 0.2) is 0 Å². The Kier molecular flexibility index (Phi) is 3.54. The molecule has 0 bridgehead atoms. The van der Waals surface area contributed by atoms with Crippen LogP contribution in [0.25, 0.3) is 0 Å². The van der Waals surface area contributed by atoms with E-state index < -0.39 is 11.7 Å². The number of amides is 1. The van der Waals surface area contributed by atoms with E-state index >= 15 is 0 Å². The van der Waals surface area contributed by atoms with Crippen molar-refractivity contribution in [3.8, 4) is 0 Å². The van der Waals surface area contributed by atoms with Gasteiger partial charge in [-0.3, -0.25) is 5.32 Å². The maximum atomic E-state index is 11.4. The minimum atomic E-state index is -0.564. The second kappa shape index (κ2) is 4.52. The van der Waals surface area contributed by atoms with Gasteiger partial charge in [-0.2, -0.15) is 0 Å². The van der Waals surface area contributed by atoms with E-state index in [1.54, 1.807) is 32.4 Å². The van der Waals surface area contributed by atoms with Crippen LogP contribution in [0.15, 0.2) is 6.20 Å². The molecule has 0 aromatic carbocycles. The summed E-state index contributed by atoms with van der Waals surface area (Å²) >= 11 is 0. The van der Waals surface area contributed by atoms with Crippen molar-refractivity contribution >= 4 is 12.0 Å². The molecule has 1 amide bonds. The number of aliphatic hydroxyl groups is 1. The van der Waals surface area contributed by atoms with E-state index in [-0.39, 0.29) is 6.61 Å². The molecule has 0 spiro atoms. The summed E-state index contributed by atoms with van der Waals surface area (Å²) < 4.78 is 6.66. The van der Waals surface area contributed by atoms with Gasteiger partial charge in [-0.25, -0.2) is 9.78 Å². The van der Waals surface area contributed by atoms with Crippen molar-refractivity contribution < 1.29 is 14.6 Å². The highest BCUT2D eigenvalue weighted by Gasteiger charge is 2.17. The average Bonchev–Trinajstić information content (AvgIpc) is 2.44. The quantitative estimate of drug-likeness (QED) is 0.797. The van der Waals surface area contributed by atoms with Crippen LogP contribution >= 0.6 is 0 Å². The van der Waals surface area contributed by atoms with Gasteiger partial charge in [0.25, 0.3) is 0 Å². The number of imidazole rings is 1. The molecule has 1 aromatic rings. The standard InChI is InChI=1S/C10H17N3O3/c1-10(2,3)16-9(15)12-8-11-5-7(6-14)13(8)4/h5,14H,6H2,1-4H3,(H,11,12,15). The maximum Gasteiger partial charge on any atom is 0.414 e. The third-order valence-corrected chi connectivity index (χ3v) is 1.86. The van der Waals surface area contributed by atoms with Crippen LogP contribution in [0.5, 0.6) is 0 Å². The minimum absolute atomic E-state index is 0.125. The Labute approximate surface area is 94.2 Å². The monoisotopic (exact) mass is 227 g/mol. The highest BCUT2D eigenvalue weighted by Crippen LogP contribution is 2.11. The first-order valence-electron chi connectivity index (χ1n) is 4.95. The number of hydrogen-bond donors (Lipinski definition) is 2. The molecule has 0 atom stereocenters. The average molecular weight is 227 g/mol. The molecule has 0 saturated heterocycles. The van der Waals surface area contributed by atoms with Gasteiger partial charge < -0.3 is 14.4 Å². The van der Waals surface area contributed by atoms with Crippen molar-refractivity contribution in [3.05, 3.63) is 11.9 Å². The highest BCUT2D eigenvalue weighted by molar-refractivity contribution is 5.82. The lowest BCUT2D eigenvalue weighted by Crippen LogP contribution is -2.28. The normalized spacial score (nSPS) is 11.3. The molecule has 6 heteroatoms. The molecule has 1 heterocycles. The molecule has 0 aliphatic rings. The molecule has 90 valence electrons. The van der Waals surface area contributed by atoms with Crippen molar-refractivity contribution in [2.24, 2.45) is 7.05 Å². The SMILES string of the molecule is Cn1c(CO)cnc1NC(=O)OC(C)(C)C. The summed E-state index contributed by atoms with van der Waals surface area (Å²) in [5.74, 6) is 0.346. The topological polar surface area (TPSA) is 76.4 Å². The Bertz CT molecular complexity index is 379. The summed E-state index contributed by atoms with van der Waals surface area (Å²) in [5, 5.41) is 11.4. The van der Waals surface area contributed by atoms with Crippen LogP contribution in [-0.2, 0) is 18.4 Å². The van der Waals surface area contributed by atoms with Gasteiger partial charge >= 0.3 is 6.09 Å². The van der Waals surface area contributed by atoms with E-state index in [2.05, 4.69) is 10.3 Å². The molecule has 6 nitrogen and oxygen atoms in total. The molecular formula is C10H17N3O3. The lowest BCUT2D eigenvalue weighted by molar-refractivity contribution is 0.0634. The van der Waals surface area contributed by atoms with Gasteiger partial charge in [0.2, 0.25) is 5.95 Å². The number of nitrogens with one attached hydrogen (secondary N) is 1. The molecule has 1 aromatic heterocycles. The summed E-state index contributed by atoms with van der Waals surface area (Å²) in [7, 11) is 1.70. The van der Waals surface area contributed by atoms with Crippen molar-refractivity contribution in [1.82, 2.24) is 9.55 Å². The zero-order valence-corrected chi connectivity index (χ0v) is 9.94. The fourth-order valence-electron chi connectivity index (χ4n) is 1.10. The summed E-state index contributed by atoms with van der Waals surface area (Å²) in [6.07, 6.45) is 0.929. The predicted molar refractivity (Wildman–Crippen MR) is 59.0 cm³/mol. The Morgan fingerprint density at radius 3 is 2.69 bits per heavy atom. The number of rotatable bonds is 2. The summed E-state index contributed by atoms with van der Waals surface area (Å²) in [5.41, 5.74) is 0.0701. The van der Waals surface area contributed by atoms with Gasteiger partial charge in [0.1, 0.15) is 5.60 Å². The van der Waals surface area contributed by atoms with Crippen LogP contribution in [0, 0.1) is 0 Å². The zero-order valence-electron chi connectivity index (χ0n) is 9.94. The number of aliphatic hydroxyl groups excluding tert-OH is 1. The minimum Gasteiger partial charge on any atom is -0.444 e. The third kappa shape index (κ3) is 3.23. The van der Waals surface area contributed by atoms with Gasteiger partial charge in [0, 0.05) is 7.05 Å². The molecular weight excluding hydrogens is 210 g/mol. The molecule has 0 aliphatic carbocycles. The molecule has 2 N–H and O–H groups in total. The molecule has 16 heavy (non-hydrogen) atoms. The smallest absolute Gasteiger partial charge is 0.414 e. The number of ether oxygens (including phenoxy) is 1. The molecule has 0 unspecified atom stereocenters. The predicted octanol–water partition coefficient (Wildman–Crippen LogP) is 1.26. The van der Waals surface area contributed by atoms with Crippen LogP contribution in [-0.4, -0.2) is 26.4 Å². The fraction of sp³-hybridized carbons (Fsp3) is 0.600. The third-order valence-electron chi connectivity index (χ3n) is 1.86. The fourth-order valence-corrected chi connectivity index (χ4v) is 1.10. The van der Waals surface area contributed by atoms with Gasteiger partial charge in [0.05, 0.1) is 18.5 Å². The molecule has 0 radical (unpaired) electrons. The van der Waals surface area contributed by atoms with Crippen molar-refractivity contribution in [2.45, 2.75) is 33.0 Å². The number of nitrogens with zero attached hydrogens (tertiary/aromatic N) is 2. The summed E-state index contributed by atoms with van der Waals surface area (Å²) in [4.78, 5) is 15.4. The first-order valence-corrected chi connectivity index (χ1v) is 4.95. The Morgan fingerprint density at radius 2 is 2.25 bits per heavy atom. The molecule has 0 aliphatic heterocycles. The van der Waals surface area contributed by atoms with E-state index in [9.17, 15) is 4.79 Å². The second-order valence-corrected chi connectivity index (χ2v) is 4.42. The van der Waals surface area contributed by atoms with Crippen LogP contribution in [0.2, 0.25) is 0 Å². The molecule has 1 rings (SSSR count). The lowest BCUT2D eigenvalue weighted by atomic mass is 10.2. The zero-order chi connectivity index (χ0) is 12.3. The van der Waals surface area contributed by atoms with Crippen LogP contribution in [0.4, 0.5) is 10.7 Å². The Balaban J connectivity index is 2.67. The van der Waals surface area contributed by atoms with Crippen molar-refractivity contribution in [2.75, 3.05) is 5.32 Å². The number of hydrogen-bond acceptors (Lipinski definition) is 4.